The monoisotopic (exact) mass is 495 g/mol. The van der Waals surface area contributed by atoms with E-state index in [2.05, 4.69) is 15.3 Å². The second kappa shape index (κ2) is 9.09. The number of nitrogens with one attached hydrogen (secondary N) is 2. The molecule has 10 heteroatoms. The maximum atomic E-state index is 13.2. The van der Waals surface area contributed by atoms with Crippen molar-refractivity contribution in [3.05, 3.63) is 83.6 Å². The van der Waals surface area contributed by atoms with Gasteiger partial charge < -0.3 is 15.2 Å². The van der Waals surface area contributed by atoms with Gasteiger partial charge in [-0.3, -0.25) is 4.79 Å². The van der Waals surface area contributed by atoms with Gasteiger partial charge in [0, 0.05) is 42.7 Å². The van der Waals surface area contributed by atoms with E-state index in [0.717, 1.165) is 22.0 Å². The number of benzene rings is 3. The molecule has 3 aromatic carbocycles. The quantitative estimate of drug-likeness (QED) is 0.421. The van der Waals surface area contributed by atoms with Gasteiger partial charge in [0.2, 0.25) is 21.9 Å². The van der Waals surface area contributed by atoms with Crippen LogP contribution < -0.4 is 5.32 Å². The molecular formula is C24H22ClN5O3S. The second-order valence-electron chi connectivity index (χ2n) is 8.07. The summed E-state index contributed by atoms with van der Waals surface area (Å²) in [5.74, 6) is 0.427. The Morgan fingerprint density at radius 1 is 1.00 bits per heavy atom. The Labute approximate surface area is 202 Å². The molecular weight excluding hydrogens is 474 g/mol. The fourth-order valence-corrected chi connectivity index (χ4v) is 5.54. The number of rotatable bonds is 6. The predicted octanol–water partition coefficient (Wildman–Crippen LogP) is 3.99. The number of hydrogen-bond acceptors (Lipinski definition) is 5. The van der Waals surface area contributed by atoms with Crippen LogP contribution in [0.25, 0.3) is 10.8 Å². The van der Waals surface area contributed by atoms with Crippen LogP contribution in [-0.4, -0.2) is 53.1 Å². The molecule has 0 radical (unpaired) electrons. The van der Waals surface area contributed by atoms with Crippen LogP contribution in [0, 0.1) is 0 Å². The molecule has 2 heterocycles. The van der Waals surface area contributed by atoms with E-state index in [0.29, 0.717) is 24.1 Å². The number of nitrogens with zero attached hydrogens (tertiary/aromatic N) is 3. The number of H-pyrrole nitrogens is 1. The molecule has 4 aromatic rings. The Bertz CT molecular complexity index is 1440. The first-order valence-electron chi connectivity index (χ1n) is 10.7. The number of carbonyl (C=O) groups excluding carboxylic acids is 1. The molecule has 0 bridgehead atoms. The molecule has 34 heavy (non-hydrogen) atoms. The molecule has 8 nitrogen and oxygen atoms in total. The van der Waals surface area contributed by atoms with E-state index in [4.69, 9.17) is 11.6 Å². The lowest BCUT2D eigenvalue weighted by atomic mass is 10.1. The molecule has 0 spiro atoms. The maximum Gasteiger partial charge on any atom is 0.243 e. The molecule has 1 fully saturated rings. The molecule has 1 aliphatic rings. The Balaban J connectivity index is 1.24. The zero-order valence-electron chi connectivity index (χ0n) is 18.1. The van der Waals surface area contributed by atoms with Gasteiger partial charge in [-0.25, -0.2) is 13.4 Å². The zero-order valence-corrected chi connectivity index (χ0v) is 19.7. The SMILES string of the molecule is O=C1CN(S(=O)(=O)c2ccc3cc(Cl)ccc3c2)CCN1Cc1ccc(Nc2ncc[nH]2)cc1. The second-order valence-corrected chi connectivity index (χ2v) is 10.4. The highest BCUT2D eigenvalue weighted by Crippen LogP contribution is 2.25. The summed E-state index contributed by atoms with van der Waals surface area (Å²) >= 11 is 6.02. The predicted molar refractivity (Wildman–Crippen MR) is 131 cm³/mol. The van der Waals surface area contributed by atoms with Gasteiger partial charge in [0.15, 0.2) is 0 Å². The molecule has 1 aromatic heterocycles. The summed E-state index contributed by atoms with van der Waals surface area (Å²) in [7, 11) is -3.79. The van der Waals surface area contributed by atoms with Crippen LogP contribution in [0.15, 0.2) is 78.0 Å². The molecule has 1 amide bonds. The third-order valence-electron chi connectivity index (χ3n) is 5.78. The third kappa shape index (κ3) is 4.63. The molecule has 1 saturated heterocycles. The number of hydrogen-bond donors (Lipinski definition) is 2. The van der Waals surface area contributed by atoms with Crippen molar-refractivity contribution in [2.45, 2.75) is 11.4 Å². The van der Waals surface area contributed by atoms with Gasteiger partial charge in [-0.1, -0.05) is 35.9 Å². The van der Waals surface area contributed by atoms with Crippen molar-refractivity contribution in [1.29, 1.82) is 0 Å². The van der Waals surface area contributed by atoms with E-state index < -0.39 is 10.0 Å². The van der Waals surface area contributed by atoms with Crippen molar-refractivity contribution in [2.75, 3.05) is 25.0 Å². The number of imidazole rings is 1. The van der Waals surface area contributed by atoms with Gasteiger partial charge >= 0.3 is 0 Å². The first kappa shape index (κ1) is 22.4. The molecule has 0 saturated carbocycles. The number of aromatic nitrogens is 2. The number of aromatic amines is 1. The Morgan fingerprint density at radius 2 is 1.76 bits per heavy atom. The standard InChI is InChI=1S/C24H22ClN5O3S/c25-20-5-3-19-14-22(8-4-18(19)13-20)34(32,33)30-12-11-29(23(31)16-30)15-17-1-6-21(7-2-17)28-24-26-9-10-27-24/h1-10,13-14H,11-12,15-16H2,(H2,26,27,28). The highest BCUT2D eigenvalue weighted by atomic mass is 35.5. The number of carbonyl (C=O) groups is 1. The van der Waals surface area contributed by atoms with Gasteiger partial charge in [-0.15, -0.1) is 0 Å². The normalized spacial score (nSPS) is 15.1. The molecule has 174 valence electrons. The molecule has 0 aliphatic carbocycles. The number of fused-ring (bicyclic) bond motifs is 1. The first-order chi connectivity index (χ1) is 16.4. The van der Waals surface area contributed by atoms with Crippen LogP contribution >= 0.6 is 11.6 Å². The van der Waals surface area contributed by atoms with Crippen LogP contribution in [0.3, 0.4) is 0 Å². The van der Waals surface area contributed by atoms with Crippen molar-refractivity contribution in [3.8, 4) is 0 Å². The largest absolute Gasteiger partial charge is 0.336 e. The van der Waals surface area contributed by atoms with Crippen molar-refractivity contribution >= 4 is 49.9 Å². The van der Waals surface area contributed by atoms with E-state index in [9.17, 15) is 13.2 Å². The van der Waals surface area contributed by atoms with E-state index in [1.807, 2.05) is 24.3 Å². The average Bonchev–Trinajstić information content (AvgIpc) is 3.34. The van der Waals surface area contributed by atoms with Crippen LogP contribution in [0.4, 0.5) is 11.6 Å². The van der Waals surface area contributed by atoms with E-state index in [1.54, 1.807) is 53.7 Å². The highest BCUT2D eigenvalue weighted by Gasteiger charge is 2.32. The summed E-state index contributed by atoms with van der Waals surface area (Å²) in [4.78, 5) is 21.8. The summed E-state index contributed by atoms with van der Waals surface area (Å²) in [6.45, 7) is 0.808. The minimum absolute atomic E-state index is 0.170. The molecule has 2 N–H and O–H groups in total. The van der Waals surface area contributed by atoms with Crippen molar-refractivity contribution in [2.24, 2.45) is 0 Å². The fourth-order valence-electron chi connectivity index (χ4n) is 3.95. The highest BCUT2D eigenvalue weighted by molar-refractivity contribution is 7.89. The number of sulfonamides is 1. The van der Waals surface area contributed by atoms with Crippen LogP contribution in [0.5, 0.6) is 0 Å². The third-order valence-corrected chi connectivity index (χ3v) is 7.86. The number of amides is 1. The summed E-state index contributed by atoms with van der Waals surface area (Å²) in [6, 6.07) is 17.9. The number of halogens is 1. The summed E-state index contributed by atoms with van der Waals surface area (Å²) in [6.07, 6.45) is 3.40. The molecule has 0 unspecified atom stereocenters. The summed E-state index contributed by atoms with van der Waals surface area (Å²) < 4.78 is 27.6. The van der Waals surface area contributed by atoms with Crippen LogP contribution in [-0.2, 0) is 21.4 Å². The fraction of sp³-hybridized carbons (Fsp3) is 0.167. The minimum atomic E-state index is -3.79. The van der Waals surface area contributed by atoms with Crippen LogP contribution in [0.1, 0.15) is 5.56 Å². The van der Waals surface area contributed by atoms with Crippen molar-refractivity contribution in [3.63, 3.8) is 0 Å². The summed E-state index contributed by atoms with van der Waals surface area (Å²) in [5, 5.41) is 5.38. The lowest BCUT2D eigenvalue weighted by Gasteiger charge is -2.33. The molecule has 5 rings (SSSR count). The van der Waals surface area contributed by atoms with Gasteiger partial charge in [0.05, 0.1) is 11.4 Å². The Kier molecular flexibility index (Phi) is 5.99. The van der Waals surface area contributed by atoms with Gasteiger partial charge in [-0.2, -0.15) is 4.31 Å². The number of piperazine rings is 1. The van der Waals surface area contributed by atoms with Crippen molar-refractivity contribution < 1.29 is 13.2 Å². The van der Waals surface area contributed by atoms with E-state index in [-0.39, 0.29) is 23.9 Å². The molecule has 1 aliphatic heterocycles. The maximum absolute atomic E-state index is 13.2. The topological polar surface area (TPSA) is 98.4 Å². The van der Waals surface area contributed by atoms with Crippen molar-refractivity contribution in [1.82, 2.24) is 19.2 Å². The summed E-state index contributed by atoms with van der Waals surface area (Å²) in [5.41, 5.74) is 1.83. The lowest BCUT2D eigenvalue weighted by Crippen LogP contribution is -2.51. The first-order valence-corrected chi connectivity index (χ1v) is 12.5. The smallest absolute Gasteiger partial charge is 0.243 e. The van der Waals surface area contributed by atoms with Gasteiger partial charge in [0.25, 0.3) is 0 Å². The lowest BCUT2D eigenvalue weighted by molar-refractivity contribution is -0.134. The minimum Gasteiger partial charge on any atom is -0.336 e. The Morgan fingerprint density at radius 3 is 2.50 bits per heavy atom. The van der Waals surface area contributed by atoms with Gasteiger partial charge in [0.1, 0.15) is 0 Å². The molecule has 0 atom stereocenters. The zero-order chi connectivity index (χ0) is 23.7. The van der Waals surface area contributed by atoms with E-state index in [1.165, 1.54) is 4.31 Å². The van der Waals surface area contributed by atoms with Gasteiger partial charge in [-0.05, 0) is 52.7 Å². The Hall–Kier alpha value is -3.40. The average molecular weight is 496 g/mol. The van der Waals surface area contributed by atoms with Crippen LogP contribution in [0.2, 0.25) is 5.02 Å². The van der Waals surface area contributed by atoms with E-state index >= 15 is 0 Å². The number of anilines is 2.